The van der Waals surface area contributed by atoms with Gasteiger partial charge in [0.05, 0.1) is 0 Å². The normalized spacial score (nSPS) is 20.7. The van der Waals surface area contributed by atoms with E-state index < -0.39 is 5.92 Å². The molecule has 0 aromatic carbocycles. The number of amides is 1. The second-order valence-electron chi connectivity index (χ2n) is 7.02. The number of rotatable bonds is 3. The van der Waals surface area contributed by atoms with Crippen LogP contribution in [-0.2, 0) is 4.79 Å². The highest BCUT2D eigenvalue weighted by Gasteiger charge is 2.37. The maximum atomic E-state index is 13.3. The molecular weight excluding hydrogens is 356 g/mol. The van der Waals surface area contributed by atoms with Crippen molar-refractivity contribution in [3.63, 3.8) is 0 Å². The Morgan fingerprint density at radius 1 is 1.04 bits per heavy atom. The van der Waals surface area contributed by atoms with Gasteiger partial charge in [-0.1, -0.05) is 0 Å². The molecule has 0 radical (unpaired) electrons. The number of nitrogens with zero attached hydrogens (tertiary/aromatic N) is 7. The van der Waals surface area contributed by atoms with Crippen LogP contribution in [0, 0.1) is 5.92 Å². The van der Waals surface area contributed by atoms with Crippen molar-refractivity contribution < 1.29 is 13.6 Å². The highest BCUT2D eigenvalue weighted by Crippen LogP contribution is 2.30. The number of alkyl halides is 2. The molecule has 4 heterocycles. The summed E-state index contributed by atoms with van der Waals surface area (Å²) in [5, 5.41) is 4.06. The molecule has 0 atom stereocenters. The van der Waals surface area contributed by atoms with Crippen molar-refractivity contribution in [1.82, 2.24) is 29.6 Å². The lowest BCUT2D eigenvalue weighted by Crippen LogP contribution is -2.47. The quantitative estimate of drug-likeness (QED) is 0.807. The van der Waals surface area contributed by atoms with E-state index in [9.17, 15) is 13.6 Å². The summed E-state index contributed by atoms with van der Waals surface area (Å²) in [6, 6.07) is 1.84. The summed E-state index contributed by atoms with van der Waals surface area (Å²) >= 11 is 0. The van der Waals surface area contributed by atoms with Crippen LogP contribution in [0.4, 0.5) is 14.6 Å². The molecule has 27 heavy (non-hydrogen) atoms. The van der Waals surface area contributed by atoms with Gasteiger partial charge in [0.15, 0.2) is 5.82 Å². The highest BCUT2D eigenvalue weighted by molar-refractivity contribution is 5.79. The van der Waals surface area contributed by atoms with E-state index in [1.807, 2.05) is 6.07 Å². The largest absolute Gasteiger partial charge is 0.356 e. The third kappa shape index (κ3) is 3.88. The zero-order valence-corrected chi connectivity index (χ0v) is 14.8. The van der Waals surface area contributed by atoms with Gasteiger partial charge in [-0.3, -0.25) is 4.79 Å². The molecule has 1 amide bonds. The van der Waals surface area contributed by atoms with Crippen molar-refractivity contribution >= 4 is 11.7 Å². The number of hydrogen-bond acceptors (Lipinski definition) is 6. The summed E-state index contributed by atoms with van der Waals surface area (Å²) in [5.41, 5.74) is 0. The average Bonchev–Trinajstić information content (AvgIpc) is 3.23. The zero-order chi connectivity index (χ0) is 18.9. The number of hydrogen-bond donors (Lipinski definition) is 0. The van der Waals surface area contributed by atoms with E-state index in [0.29, 0.717) is 31.7 Å². The number of carbonyl (C=O) groups excluding carboxylic acids is 1. The third-order valence-electron chi connectivity index (χ3n) is 5.27. The molecule has 0 unspecified atom stereocenters. The van der Waals surface area contributed by atoms with Crippen LogP contribution >= 0.6 is 0 Å². The van der Waals surface area contributed by atoms with Crippen LogP contribution in [0.2, 0.25) is 0 Å². The maximum Gasteiger partial charge on any atom is 0.251 e. The molecule has 2 aliphatic rings. The Balaban J connectivity index is 1.35. The summed E-state index contributed by atoms with van der Waals surface area (Å²) in [7, 11) is 0. The first-order valence-corrected chi connectivity index (χ1v) is 9.10. The first-order valence-electron chi connectivity index (χ1n) is 9.10. The summed E-state index contributed by atoms with van der Waals surface area (Å²) < 4.78 is 28.1. The minimum atomic E-state index is -2.63. The van der Waals surface area contributed by atoms with Crippen molar-refractivity contribution in [1.29, 1.82) is 0 Å². The molecule has 0 spiro atoms. The molecule has 8 nitrogen and oxygen atoms in total. The van der Waals surface area contributed by atoms with Gasteiger partial charge in [0, 0.05) is 51.0 Å². The number of piperidine rings is 2. The summed E-state index contributed by atoms with van der Waals surface area (Å²) in [4.78, 5) is 28.8. The first-order chi connectivity index (χ1) is 13.0. The van der Waals surface area contributed by atoms with Crippen molar-refractivity contribution in [2.24, 2.45) is 5.92 Å². The predicted octanol–water partition coefficient (Wildman–Crippen LogP) is 1.53. The van der Waals surface area contributed by atoms with Crippen LogP contribution < -0.4 is 4.90 Å². The van der Waals surface area contributed by atoms with E-state index in [1.165, 1.54) is 12.7 Å². The molecule has 2 aliphatic heterocycles. The number of carbonyl (C=O) groups is 1. The van der Waals surface area contributed by atoms with Crippen LogP contribution in [0.1, 0.15) is 25.7 Å². The molecule has 2 saturated heterocycles. The van der Waals surface area contributed by atoms with Gasteiger partial charge in [-0.05, 0) is 12.8 Å². The maximum absolute atomic E-state index is 13.3. The fourth-order valence-corrected chi connectivity index (χ4v) is 3.63. The smallest absolute Gasteiger partial charge is 0.251 e. The van der Waals surface area contributed by atoms with Gasteiger partial charge in [-0.15, -0.1) is 0 Å². The Morgan fingerprint density at radius 2 is 1.74 bits per heavy atom. The summed E-state index contributed by atoms with van der Waals surface area (Å²) in [6.45, 7) is 1.68. The van der Waals surface area contributed by atoms with Crippen LogP contribution in [0.25, 0.3) is 5.82 Å². The first kappa shape index (κ1) is 17.7. The van der Waals surface area contributed by atoms with Crippen LogP contribution in [0.5, 0.6) is 0 Å². The standard InChI is InChI=1S/C17H21F2N7O/c18-17(19)3-7-25(8-4-17)16(27)13-1-5-24(6-2-13)14-9-15(22-11-21-14)26-12-20-10-23-26/h9-13H,1-8H2. The molecule has 10 heteroatoms. The van der Waals surface area contributed by atoms with Gasteiger partial charge in [0.25, 0.3) is 5.92 Å². The second kappa shape index (κ2) is 7.16. The van der Waals surface area contributed by atoms with Gasteiger partial charge in [-0.2, -0.15) is 5.10 Å². The lowest BCUT2D eigenvalue weighted by atomic mass is 9.94. The average molecular weight is 377 g/mol. The van der Waals surface area contributed by atoms with Crippen LogP contribution in [0.15, 0.2) is 25.0 Å². The van der Waals surface area contributed by atoms with E-state index in [1.54, 1.807) is 15.9 Å². The molecule has 2 fully saturated rings. The lowest BCUT2D eigenvalue weighted by molar-refractivity contribution is -0.142. The summed E-state index contributed by atoms with van der Waals surface area (Å²) in [6.07, 6.45) is 5.40. The number of likely N-dealkylation sites (tertiary alicyclic amines) is 1. The predicted molar refractivity (Wildman–Crippen MR) is 92.6 cm³/mol. The van der Waals surface area contributed by atoms with Gasteiger partial charge in [0.2, 0.25) is 5.91 Å². The van der Waals surface area contributed by atoms with Crippen LogP contribution in [0.3, 0.4) is 0 Å². The van der Waals surface area contributed by atoms with E-state index in [4.69, 9.17) is 0 Å². The Labute approximate surface area is 155 Å². The molecule has 2 aromatic heterocycles. The molecular formula is C17H21F2N7O. The van der Waals surface area contributed by atoms with E-state index in [0.717, 1.165) is 5.82 Å². The van der Waals surface area contributed by atoms with Gasteiger partial charge >= 0.3 is 0 Å². The Bertz CT molecular complexity index is 780. The fraction of sp³-hybridized carbons (Fsp3) is 0.588. The minimum Gasteiger partial charge on any atom is -0.356 e. The van der Waals surface area contributed by atoms with E-state index >= 15 is 0 Å². The van der Waals surface area contributed by atoms with Crippen molar-refractivity contribution in [2.75, 3.05) is 31.1 Å². The number of halogens is 2. The van der Waals surface area contributed by atoms with E-state index in [2.05, 4.69) is 25.0 Å². The number of aromatic nitrogens is 5. The molecule has 4 rings (SSSR count). The Hall–Kier alpha value is -2.65. The Morgan fingerprint density at radius 3 is 2.41 bits per heavy atom. The Kier molecular flexibility index (Phi) is 4.71. The van der Waals surface area contributed by atoms with Crippen molar-refractivity contribution in [3.05, 3.63) is 25.0 Å². The van der Waals surface area contributed by atoms with Crippen molar-refractivity contribution in [3.8, 4) is 5.82 Å². The van der Waals surface area contributed by atoms with Gasteiger partial charge in [-0.25, -0.2) is 28.4 Å². The van der Waals surface area contributed by atoms with Gasteiger partial charge < -0.3 is 9.80 Å². The molecule has 144 valence electrons. The molecule has 0 saturated carbocycles. The zero-order valence-electron chi connectivity index (χ0n) is 14.8. The molecule has 0 aliphatic carbocycles. The second-order valence-corrected chi connectivity index (χ2v) is 7.02. The third-order valence-corrected chi connectivity index (χ3v) is 5.27. The summed E-state index contributed by atoms with van der Waals surface area (Å²) in [5.74, 6) is -1.32. The topological polar surface area (TPSA) is 80.0 Å². The highest BCUT2D eigenvalue weighted by atomic mass is 19.3. The fourth-order valence-electron chi connectivity index (χ4n) is 3.63. The molecule has 0 N–H and O–H groups in total. The SMILES string of the molecule is O=C(C1CCN(c2cc(-n3cncn3)ncn2)CC1)N1CCC(F)(F)CC1. The van der Waals surface area contributed by atoms with E-state index in [-0.39, 0.29) is 37.8 Å². The minimum absolute atomic E-state index is 0.0103. The lowest BCUT2D eigenvalue weighted by Gasteiger charge is -2.37. The monoisotopic (exact) mass is 377 g/mol. The molecule has 0 bridgehead atoms. The van der Waals surface area contributed by atoms with Crippen LogP contribution in [-0.4, -0.2) is 67.6 Å². The van der Waals surface area contributed by atoms with Gasteiger partial charge in [0.1, 0.15) is 24.8 Å². The number of anilines is 1. The van der Waals surface area contributed by atoms with Crippen molar-refractivity contribution in [2.45, 2.75) is 31.6 Å². The molecule has 2 aromatic rings.